The Bertz CT molecular complexity index is 639. The first-order chi connectivity index (χ1) is 8.88. The second-order valence-electron chi connectivity index (χ2n) is 3.52. The van der Waals surface area contributed by atoms with Gasteiger partial charge in [-0.05, 0) is 17.7 Å². The molecule has 1 amide bonds. The number of carbonyl (C=O) groups excluding carboxylic acids is 1. The van der Waals surface area contributed by atoms with E-state index < -0.39 is 28.2 Å². The molecule has 0 saturated carbocycles. The molecule has 0 aromatic heterocycles. The van der Waals surface area contributed by atoms with Crippen LogP contribution < -0.4 is 5.32 Å². The average molecular weight is 282 g/mol. The summed E-state index contributed by atoms with van der Waals surface area (Å²) in [5.74, 6) is -1.50. The van der Waals surface area contributed by atoms with Gasteiger partial charge in [-0.1, -0.05) is 12.2 Å². The smallest absolute Gasteiger partial charge is 0.417 e. The molecule has 0 spiro atoms. The summed E-state index contributed by atoms with van der Waals surface area (Å²) in [4.78, 5) is 20.7. The SMILES string of the molecule is O=C1NC(=S)C(=Cc2cc(O)c(O)c([N+](=O)[O-])c2)O1. The molecule has 0 unspecified atom stereocenters. The predicted molar refractivity (Wildman–Crippen MR) is 66.6 cm³/mol. The molecular formula is C10H6N2O6S. The summed E-state index contributed by atoms with van der Waals surface area (Å²) < 4.78 is 4.70. The lowest BCUT2D eigenvalue weighted by Crippen LogP contribution is -2.16. The highest BCUT2D eigenvalue weighted by Crippen LogP contribution is 2.36. The number of amides is 1. The van der Waals surface area contributed by atoms with E-state index in [2.05, 4.69) is 5.32 Å². The van der Waals surface area contributed by atoms with Gasteiger partial charge in [0, 0.05) is 6.07 Å². The van der Waals surface area contributed by atoms with Crippen LogP contribution in [0.15, 0.2) is 17.9 Å². The zero-order valence-electron chi connectivity index (χ0n) is 9.11. The summed E-state index contributed by atoms with van der Waals surface area (Å²) in [7, 11) is 0. The Morgan fingerprint density at radius 2 is 2.11 bits per heavy atom. The van der Waals surface area contributed by atoms with E-state index in [0.29, 0.717) is 0 Å². The Kier molecular flexibility index (Phi) is 3.05. The predicted octanol–water partition coefficient (Wildman–Crippen LogP) is 1.41. The van der Waals surface area contributed by atoms with Crippen LogP contribution >= 0.6 is 12.2 Å². The van der Waals surface area contributed by atoms with Crippen LogP contribution in [0.4, 0.5) is 10.5 Å². The van der Waals surface area contributed by atoms with Crippen LogP contribution in [0, 0.1) is 10.1 Å². The van der Waals surface area contributed by atoms with E-state index in [9.17, 15) is 25.1 Å². The van der Waals surface area contributed by atoms with Gasteiger partial charge in [0.2, 0.25) is 5.75 Å². The number of thiocarbonyl (C=S) groups is 1. The van der Waals surface area contributed by atoms with Crippen LogP contribution in [-0.4, -0.2) is 26.2 Å². The Morgan fingerprint density at radius 1 is 1.42 bits per heavy atom. The van der Waals surface area contributed by atoms with Gasteiger partial charge >= 0.3 is 11.8 Å². The zero-order valence-corrected chi connectivity index (χ0v) is 9.93. The van der Waals surface area contributed by atoms with Crippen LogP contribution in [-0.2, 0) is 4.74 Å². The van der Waals surface area contributed by atoms with E-state index in [0.717, 1.165) is 12.1 Å². The molecule has 19 heavy (non-hydrogen) atoms. The number of ether oxygens (including phenoxy) is 1. The third kappa shape index (κ3) is 2.45. The minimum atomic E-state index is -0.853. The summed E-state index contributed by atoms with van der Waals surface area (Å²) in [6.45, 7) is 0. The summed E-state index contributed by atoms with van der Waals surface area (Å²) in [5, 5.41) is 31.6. The number of nitro benzene ring substituents is 1. The van der Waals surface area contributed by atoms with Gasteiger partial charge in [0.25, 0.3) is 0 Å². The lowest BCUT2D eigenvalue weighted by atomic mass is 10.1. The molecule has 3 N–H and O–H groups in total. The van der Waals surface area contributed by atoms with Gasteiger partial charge in [-0.25, -0.2) is 4.79 Å². The van der Waals surface area contributed by atoms with Crippen molar-refractivity contribution < 1.29 is 24.7 Å². The van der Waals surface area contributed by atoms with Gasteiger partial charge in [-0.3, -0.25) is 15.4 Å². The maximum Gasteiger partial charge on any atom is 0.417 e. The molecule has 1 saturated heterocycles. The number of nitro groups is 1. The van der Waals surface area contributed by atoms with Gasteiger partial charge in [0.1, 0.15) is 0 Å². The summed E-state index contributed by atoms with van der Waals surface area (Å²) in [6.07, 6.45) is 0.473. The number of carbonyl (C=O) groups is 1. The van der Waals surface area contributed by atoms with E-state index >= 15 is 0 Å². The number of hydrogen-bond acceptors (Lipinski definition) is 7. The number of rotatable bonds is 2. The van der Waals surface area contributed by atoms with Gasteiger partial charge in [-0.2, -0.15) is 0 Å². The molecule has 98 valence electrons. The molecule has 1 heterocycles. The number of nitrogens with one attached hydrogen (secondary N) is 1. The van der Waals surface area contributed by atoms with Gasteiger partial charge in [0.05, 0.1) is 4.92 Å². The number of phenolic OH excluding ortho intramolecular Hbond substituents is 2. The normalized spacial score (nSPS) is 16.3. The highest BCUT2D eigenvalue weighted by molar-refractivity contribution is 7.80. The Balaban J connectivity index is 2.47. The zero-order chi connectivity index (χ0) is 14.2. The molecule has 1 aromatic carbocycles. The van der Waals surface area contributed by atoms with Crippen LogP contribution in [0.5, 0.6) is 11.5 Å². The summed E-state index contributed by atoms with van der Waals surface area (Å²) in [6, 6.07) is 2.08. The maximum atomic E-state index is 10.9. The quantitative estimate of drug-likeness (QED) is 0.246. The van der Waals surface area contributed by atoms with Crippen molar-refractivity contribution in [2.45, 2.75) is 0 Å². The molecule has 9 heteroatoms. The van der Waals surface area contributed by atoms with Crippen molar-refractivity contribution >= 4 is 35.1 Å². The highest BCUT2D eigenvalue weighted by Gasteiger charge is 2.24. The van der Waals surface area contributed by atoms with Crippen LogP contribution in [0.2, 0.25) is 0 Å². The first kappa shape index (κ1) is 12.8. The fraction of sp³-hybridized carbons (Fsp3) is 0. The number of alkyl carbamates (subject to hydrolysis) is 1. The molecule has 2 rings (SSSR count). The van der Waals surface area contributed by atoms with E-state index in [1.165, 1.54) is 6.08 Å². The van der Waals surface area contributed by atoms with Crippen molar-refractivity contribution in [1.82, 2.24) is 5.32 Å². The molecule has 8 nitrogen and oxygen atoms in total. The van der Waals surface area contributed by atoms with Crippen LogP contribution in [0.25, 0.3) is 6.08 Å². The highest BCUT2D eigenvalue weighted by atomic mass is 32.1. The molecule has 1 aliphatic rings. The van der Waals surface area contributed by atoms with Crippen LogP contribution in [0.3, 0.4) is 0 Å². The maximum absolute atomic E-state index is 10.9. The van der Waals surface area contributed by atoms with Crippen molar-refractivity contribution in [3.05, 3.63) is 33.6 Å². The van der Waals surface area contributed by atoms with E-state index in [1.807, 2.05) is 0 Å². The minimum Gasteiger partial charge on any atom is -0.504 e. The number of cyclic esters (lactones) is 1. The van der Waals surface area contributed by atoms with Crippen molar-refractivity contribution in [2.75, 3.05) is 0 Å². The minimum absolute atomic E-state index is 0.000567. The van der Waals surface area contributed by atoms with Crippen molar-refractivity contribution in [3.63, 3.8) is 0 Å². The van der Waals surface area contributed by atoms with Crippen molar-refractivity contribution in [2.24, 2.45) is 0 Å². The third-order valence-corrected chi connectivity index (χ3v) is 2.53. The lowest BCUT2D eigenvalue weighted by Gasteiger charge is -2.02. The van der Waals surface area contributed by atoms with Crippen molar-refractivity contribution in [1.29, 1.82) is 0 Å². The molecule has 0 aliphatic carbocycles. The fourth-order valence-corrected chi connectivity index (χ4v) is 1.60. The molecule has 1 fully saturated rings. The van der Waals surface area contributed by atoms with Gasteiger partial charge in [-0.15, -0.1) is 0 Å². The van der Waals surface area contributed by atoms with E-state index in [-0.39, 0.29) is 16.3 Å². The molecule has 1 aromatic rings. The second kappa shape index (κ2) is 4.53. The Labute approximate surface area is 111 Å². The van der Waals surface area contributed by atoms with E-state index in [4.69, 9.17) is 17.0 Å². The third-order valence-electron chi connectivity index (χ3n) is 2.23. The standard InChI is InChI=1S/C10H6N2O6S/c13-6-2-4(1-5(8(6)14)12(16)17)3-7-9(19)11-10(15)18-7/h1-3,13-14H,(H,11,15,19). The number of aromatic hydroxyl groups is 2. The average Bonchev–Trinajstić information content (AvgIpc) is 2.62. The molecular weight excluding hydrogens is 276 g/mol. The second-order valence-corrected chi connectivity index (χ2v) is 3.93. The number of benzene rings is 1. The van der Waals surface area contributed by atoms with Crippen LogP contribution in [0.1, 0.15) is 5.56 Å². The lowest BCUT2D eigenvalue weighted by molar-refractivity contribution is -0.386. The molecule has 0 radical (unpaired) electrons. The largest absolute Gasteiger partial charge is 0.504 e. The molecule has 0 bridgehead atoms. The number of nitrogens with zero attached hydrogens (tertiary/aromatic N) is 1. The summed E-state index contributed by atoms with van der Waals surface area (Å²) in [5.41, 5.74) is -0.522. The monoisotopic (exact) mass is 282 g/mol. The molecule has 0 atom stereocenters. The Morgan fingerprint density at radius 3 is 2.63 bits per heavy atom. The number of hydrogen-bond donors (Lipinski definition) is 3. The van der Waals surface area contributed by atoms with Crippen molar-refractivity contribution in [3.8, 4) is 11.5 Å². The number of phenols is 2. The Hall–Kier alpha value is -2.68. The summed E-state index contributed by atoms with van der Waals surface area (Å²) >= 11 is 4.79. The van der Waals surface area contributed by atoms with Gasteiger partial charge < -0.3 is 14.9 Å². The topological polar surface area (TPSA) is 122 Å². The fourth-order valence-electron chi connectivity index (χ4n) is 1.42. The van der Waals surface area contributed by atoms with E-state index in [1.54, 1.807) is 0 Å². The molecule has 1 aliphatic heterocycles. The van der Waals surface area contributed by atoms with Gasteiger partial charge in [0.15, 0.2) is 16.5 Å². The first-order valence-corrected chi connectivity index (χ1v) is 5.24. The first-order valence-electron chi connectivity index (χ1n) is 4.83.